The van der Waals surface area contributed by atoms with Crippen molar-refractivity contribution < 1.29 is 4.42 Å². The summed E-state index contributed by atoms with van der Waals surface area (Å²) in [6, 6.07) is 42.7. The molecule has 168 valence electrons. The van der Waals surface area contributed by atoms with Crippen LogP contribution in [-0.4, -0.2) is 9.55 Å². The number of para-hydroxylation sites is 3. The first-order valence-electron chi connectivity index (χ1n) is 12.1. The predicted molar refractivity (Wildman–Crippen MR) is 149 cm³/mol. The minimum Gasteiger partial charge on any atom is -0.454 e. The molecule has 0 amide bonds. The molecule has 0 radical (unpaired) electrons. The van der Waals surface area contributed by atoms with Crippen LogP contribution in [-0.2, 0) is 0 Å². The SMILES string of the molecule is c1ccc2c(c1)oc1cc3cc(-c4ccc(-n5c6ccccc6c6ccccc65)cc4)ccc3nc12. The van der Waals surface area contributed by atoms with Crippen molar-refractivity contribution in [2.45, 2.75) is 0 Å². The van der Waals surface area contributed by atoms with E-state index in [1.807, 2.05) is 18.2 Å². The third kappa shape index (κ3) is 2.77. The fourth-order valence-electron chi connectivity index (χ4n) is 5.48. The molecule has 0 bridgehead atoms. The van der Waals surface area contributed by atoms with Gasteiger partial charge in [0.15, 0.2) is 5.58 Å². The summed E-state index contributed by atoms with van der Waals surface area (Å²) in [6.07, 6.45) is 0. The van der Waals surface area contributed by atoms with E-state index in [1.165, 1.54) is 27.4 Å². The highest BCUT2D eigenvalue weighted by molar-refractivity contribution is 6.09. The van der Waals surface area contributed by atoms with E-state index in [2.05, 4.69) is 108 Å². The zero-order chi connectivity index (χ0) is 23.6. The summed E-state index contributed by atoms with van der Waals surface area (Å²) in [5.74, 6) is 0. The maximum absolute atomic E-state index is 6.07. The molecule has 0 aliphatic heterocycles. The van der Waals surface area contributed by atoms with E-state index < -0.39 is 0 Å². The average molecular weight is 461 g/mol. The molecule has 0 aliphatic carbocycles. The van der Waals surface area contributed by atoms with Gasteiger partial charge in [-0.2, -0.15) is 0 Å². The van der Waals surface area contributed by atoms with Gasteiger partial charge < -0.3 is 8.98 Å². The molecule has 0 saturated heterocycles. The van der Waals surface area contributed by atoms with E-state index >= 15 is 0 Å². The zero-order valence-electron chi connectivity index (χ0n) is 19.3. The second-order valence-electron chi connectivity index (χ2n) is 9.26. The van der Waals surface area contributed by atoms with Crippen LogP contribution in [0.25, 0.3) is 71.6 Å². The van der Waals surface area contributed by atoms with Crippen LogP contribution in [0.4, 0.5) is 0 Å². The Balaban J connectivity index is 1.24. The molecule has 5 aromatic carbocycles. The van der Waals surface area contributed by atoms with Crippen molar-refractivity contribution in [2.24, 2.45) is 0 Å². The molecule has 0 atom stereocenters. The van der Waals surface area contributed by atoms with E-state index in [0.29, 0.717) is 0 Å². The van der Waals surface area contributed by atoms with Gasteiger partial charge in [0.1, 0.15) is 11.1 Å². The van der Waals surface area contributed by atoms with Crippen LogP contribution in [0, 0.1) is 0 Å². The van der Waals surface area contributed by atoms with E-state index in [9.17, 15) is 0 Å². The summed E-state index contributed by atoms with van der Waals surface area (Å²) in [5, 5.41) is 4.68. The maximum Gasteiger partial charge on any atom is 0.154 e. The number of pyridine rings is 1. The van der Waals surface area contributed by atoms with Gasteiger partial charge in [0.2, 0.25) is 0 Å². The molecule has 0 spiro atoms. The molecule has 0 aliphatic rings. The Kier molecular flexibility index (Phi) is 3.94. The number of aromatic nitrogens is 2. The Morgan fingerprint density at radius 2 is 1.17 bits per heavy atom. The predicted octanol–water partition coefficient (Wildman–Crippen LogP) is 8.90. The highest BCUT2D eigenvalue weighted by atomic mass is 16.3. The lowest BCUT2D eigenvalue weighted by atomic mass is 10.0. The zero-order valence-corrected chi connectivity index (χ0v) is 19.3. The van der Waals surface area contributed by atoms with Crippen molar-refractivity contribution in [3.63, 3.8) is 0 Å². The van der Waals surface area contributed by atoms with Crippen molar-refractivity contribution >= 4 is 54.8 Å². The summed E-state index contributed by atoms with van der Waals surface area (Å²) < 4.78 is 8.41. The molecule has 8 rings (SSSR count). The quantitative estimate of drug-likeness (QED) is 0.258. The number of hydrogen-bond donors (Lipinski definition) is 0. The summed E-state index contributed by atoms with van der Waals surface area (Å²) in [4.78, 5) is 4.91. The Morgan fingerprint density at radius 3 is 1.92 bits per heavy atom. The Morgan fingerprint density at radius 1 is 0.528 bits per heavy atom. The van der Waals surface area contributed by atoms with Crippen LogP contribution < -0.4 is 0 Å². The monoisotopic (exact) mass is 460 g/mol. The lowest BCUT2D eigenvalue weighted by molar-refractivity contribution is 0.669. The Bertz CT molecular complexity index is 2040. The number of fused-ring (bicyclic) bond motifs is 7. The molecule has 36 heavy (non-hydrogen) atoms. The Hall–Kier alpha value is -4.89. The molecule has 3 heteroatoms. The topological polar surface area (TPSA) is 31.0 Å². The van der Waals surface area contributed by atoms with E-state index in [4.69, 9.17) is 9.40 Å². The molecular formula is C33H20N2O. The highest BCUT2D eigenvalue weighted by Crippen LogP contribution is 2.34. The van der Waals surface area contributed by atoms with Gasteiger partial charge in [-0.15, -0.1) is 0 Å². The summed E-state index contributed by atoms with van der Waals surface area (Å²) in [7, 11) is 0. The summed E-state index contributed by atoms with van der Waals surface area (Å²) in [6.45, 7) is 0. The summed E-state index contributed by atoms with van der Waals surface area (Å²) >= 11 is 0. The fourth-order valence-corrected chi connectivity index (χ4v) is 5.48. The minimum atomic E-state index is 0.822. The molecule has 0 fully saturated rings. The number of hydrogen-bond acceptors (Lipinski definition) is 2. The molecule has 8 aromatic rings. The van der Waals surface area contributed by atoms with E-state index in [0.717, 1.165) is 44.2 Å². The third-order valence-electron chi connectivity index (χ3n) is 7.18. The number of nitrogens with zero attached hydrogens (tertiary/aromatic N) is 2. The second kappa shape index (κ2) is 7.30. The van der Waals surface area contributed by atoms with E-state index in [1.54, 1.807) is 0 Å². The van der Waals surface area contributed by atoms with Gasteiger partial charge >= 0.3 is 0 Å². The molecule has 3 heterocycles. The van der Waals surface area contributed by atoms with Crippen LogP contribution in [0.15, 0.2) is 126 Å². The smallest absolute Gasteiger partial charge is 0.154 e. The van der Waals surface area contributed by atoms with Gasteiger partial charge in [0, 0.05) is 27.2 Å². The molecule has 3 nitrogen and oxygen atoms in total. The lowest BCUT2D eigenvalue weighted by Gasteiger charge is -2.10. The standard InChI is InChI=1S/C33H20N2O/c1-4-10-29-25(7-1)26-8-2-5-11-30(26)35(29)24-16-13-21(14-17-24)22-15-18-28-23(19-22)20-32-33(34-28)27-9-3-6-12-31(27)36-32/h1-20H. The maximum atomic E-state index is 6.07. The summed E-state index contributed by atoms with van der Waals surface area (Å²) in [5.41, 5.74) is 9.51. The van der Waals surface area contributed by atoms with Gasteiger partial charge in [-0.3, -0.25) is 0 Å². The largest absolute Gasteiger partial charge is 0.454 e. The van der Waals surface area contributed by atoms with Crippen LogP contribution in [0.3, 0.4) is 0 Å². The van der Waals surface area contributed by atoms with Crippen molar-refractivity contribution in [3.05, 3.63) is 121 Å². The first-order valence-corrected chi connectivity index (χ1v) is 12.1. The van der Waals surface area contributed by atoms with Crippen molar-refractivity contribution in [1.29, 1.82) is 0 Å². The molecule has 0 saturated carbocycles. The molecular weight excluding hydrogens is 440 g/mol. The normalized spacial score (nSPS) is 11.9. The molecule has 0 N–H and O–H groups in total. The van der Waals surface area contributed by atoms with Crippen molar-refractivity contribution in [1.82, 2.24) is 9.55 Å². The highest BCUT2D eigenvalue weighted by Gasteiger charge is 2.12. The van der Waals surface area contributed by atoms with Crippen molar-refractivity contribution in [3.8, 4) is 16.8 Å². The number of furan rings is 1. The average Bonchev–Trinajstić information content (AvgIpc) is 3.47. The van der Waals surface area contributed by atoms with Gasteiger partial charge in [-0.05, 0) is 65.7 Å². The van der Waals surface area contributed by atoms with Gasteiger partial charge in [-0.1, -0.05) is 66.7 Å². The first-order chi connectivity index (χ1) is 17.8. The van der Waals surface area contributed by atoms with Gasteiger partial charge in [-0.25, -0.2) is 4.98 Å². The fraction of sp³-hybridized carbons (Fsp3) is 0. The van der Waals surface area contributed by atoms with Crippen LogP contribution >= 0.6 is 0 Å². The molecule has 0 unspecified atom stereocenters. The van der Waals surface area contributed by atoms with Crippen LogP contribution in [0.5, 0.6) is 0 Å². The third-order valence-corrected chi connectivity index (χ3v) is 7.18. The van der Waals surface area contributed by atoms with Crippen LogP contribution in [0.2, 0.25) is 0 Å². The number of benzene rings is 5. The Labute approximate surface area is 206 Å². The lowest BCUT2D eigenvalue weighted by Crippen LogP contribution is -1.93. The van der Waals surface area contributed by atoms with Crippen molar-refractivity contribution in [2.75, 3.05) is 0 Å². The second-order valence-corrected chi connectivity index (χ2v) is 9.26. The molecule has 3 aromatic heterocycles. The van der Waals surface area contributed by atoms with Gasteiger partial charge in [0.05, 0.1) is 16.6 Å². The van der Waals surface area contributed by atoms with Crippen LogP contribution in [0.1, 0.15) is 0 Å². The first kappa shape index (κ1) is 19.4. The van der Waals surface area contributed by atoms with E-state index in [-0.39, 0.29) is 0 Å². The number of rotatable bonds is 2. The minimum absolute atomic E-state index is 0.822. The van der Waals surface area contributed by atoms with Gasteiger partial charge in [0.25, 0.3) is 0 Å².